The smallest absolute Gasteiger partial charge is 0.271 e. The Morgan fingerprint density at radius 3 is 2.46 bits per heavy atom. The number of carbonyl (C=O) groups is 1. The van der Waals surface area contributed by atoms with Crippen molar-refractivity contribution in [3.05, 3.63) is 58.9 Å². The fourth-order valence-electron chi connectivity index (χ4n) is 3.87. The summed E-state index contributed by atoms with van der Waals surface area (Å²) in [7, 11) is 3.91. The lowest BCUT2D eigenvalue weighted by atomic mass is 10.2. The molecule has 0 aliphatic carbocycles. The Kier molecular flexibility index (Phi) is 7.57. The average molecular weight is 496 g/mol. The van der Waals surface area contributed by atoms with Gasteiger partial charge in [0, 0.05) is 44.6 Å². The minimum atomic E-state index is -0.675. The van der Waals surface area contributed by atoms with Crippen molar-refractivity contribution in [3.63, 3.8) is 0 Å². The van der Waals surface area contributed by atoms with Crippen molar-refractivity contribution < 1.29 is 9.53 Å². The average Bonchev–Trinajstić information content (AvgIpc) is 2.86. The SMILES string of the molecule is CCc1nc(C(N)=O)c(Nc2ccc(N3CCN(C)CC3)cc2)nc1Oc1cccc(NC)c1Cl. The molecule has 0 atom stereocenters. The van der Waals surface area contributed by atoms with Crippen molar-refractivity contribution in [2.24, 2.45) is 5.73 Å². The number of primary amides is 1. The molecule has 3 aromatic rings. The Morgan fingerprint density at radius 1 is 1.11 bits per heavy atom. The highest BCUT2D eigenvalue weighted by Crippen LogP contribution is 2.36. The molecule has 0 unspecified atom stereocenters. The number of nitrogens with one attached hydrogen (secondary N) is 2. The van der Waals surface area contributed by atoms with Crippen LogP contribution in [-0.2, 0) is 6.42 Å². The molecule has 1 aliphatic heterocycles. The van der Waals surface area contributed by atoms with Crippen LogP contribution in [0, 0.1) is 0 Å². The lowest BCUT2D eigenvalue weighted by Gasteiger charge is -2.34. The Morgan fingerprint density at radius 2 is 1.83 bits per heavy atom. The van der Waals surface area contributed by atoms with Crippen LogP contribution in [0.25, 0.3) is 0 Å². The van der Waals surface area contributed by atoms with E-state index in [0.29, 0.717) is 22.9 Å². The Bertz CT molecular complexity index is 1200. The molecule has 0 saturated carbocycles. The molecule has 1 saturated heterocycles. The number of piperazine rings is 1. The molecular formula is C25H30ClN7O2. The van der Waals surface area contributed by atoms with Crippen molar-refractivity contribution >= 4 is 40.4 Å². The summed E-state index contributed by atoms with van der Waals surface area (Å²) < 4.78 is 6.05. The first kappa shape index (κ1) is 24.6. The van der Waals surface area contributed by atoms with Crippen molar-refractivity contribution in [1.82, 2.24) is 14.9 Å². The first-order chi connectivity index (χ1) is 16.9. The van der Waals surface area contributed by atoms with Gasteiger partial charge in [0.05, 0.1) is 5.69 Å². The molecular weight excluding hydrogens is 466 g/mol. The summed E-state index contributed by atoms with van der Waals surface area (Å²) in [5.74, 6) is 0.226. The largest absolute Gasteiger partial charge is 0.436 e. The molecule has 0 spiro atoms. The van der Waals surface area contributed by atoms with Crippen LogP contribution in [0.1, 0.15) is 23.1 Å². The molecule has 1 aromatic heterocycles. The number of nitrogens with two attached hydrogens (primary N) is 1. The molecule has 2 aromatic carbocycles. The second kappa shape index (κ2) is 10.8. The van der Waals surface area contributed by atoms with Gasteiger partial charge in [-0.15, -0.1) is 0 Å². The van der Waals surface area contributed by atoms with Gasteiger partial charge in [-0.2, -0.15) is 4.98 Å². The zero-order valence-electron chi connectivity index (χ0n) is 20.1. The zero-order valence-corrected chi connectivity index (χ0v) is 20.9. The number of halogens is 1. The predicted molar refractivity (Wildman–Crippen MR) is 140 cm³/mol. The summed E-state index contributed by atoms with van der Waals surface area (Å²) in [6.45, 7) is 5.93. The topological polar surface area (TPSA) is 109 Å². The Balaban J connectivity index is 1.62. The van der Waals surface area contributed by atoms with Crippen LogP contribution in [0.4, 0.5) is 22.9 Å². The van der Waals surface area contributed by atoms with E-state index in [0.717, 1.165) is 43.2 Å². The summed E-state index contributed by atoms with van der Waals surface area (Å²) in [5.41, 5.74) is 8.80. The second-order valence-electron chi connectivity index (χ2n) is 8.32. The van der Waals surface area contributed by atoms with E-state index in [1.165, 1.54) is 0 Å². The number of anilines is 4. The lowest BCUT2D eigenvalue weighted by molar-refractivity contribution is 0.0996. The van der Waals surface area contributed by atoms with E-state index >= 15 is 0 Å². The number of nitrogens with zero attached hydrogens (tertiary/aromatic N) is 4. The summed E-state index contributed by atoms with van der Waals surface area (Å²) in [6, 6.07) is 13.4. The molecule has 184 valence electrons. The third-order valence-corrected chi connectivity index (χ3v) is 6.33. The van der Waals surface area contributed by atoms with Crippen LogP contribution >= 0.6 is 11.6 Å². The van der Waals surface area contributed by atoms with Gasteiger partial charge in [-0.25, -0.2) is 4.98 Å². The van der Waals surface area contributed by atoms with Gasteiger partial charge in [0.25, 0.3) is 5.91 Å². The predicted octanol–water partition coefficient (Wildman–Crippen LogP) is 4.12. The molecule has 0 bridgehead atoms. The van der Waals surface area contributed by atoms with E-state index in [2.05, 4.69) is 37.4 Å². The Hall–Kier alpha value is -3.56. The standard InChI is InChI=1S/C25H30ClN7O2/c1-4-18-25(35-20-7-5-6-19(28-2)21(20)26)31-24(22(30-18)23(27)34)29-16-8-10-17(11-9-16)33-14-12-32(3)13-15-33/h5-11,28H,4,12-15H2,1-3H3,(H2,27,34)(H,29,31). The molecule has 10 heteroatoms. The number of likely N-dealkylation sites (N-methyl/N-ethyl adjacent to an activating group) is 1. The lowest BCUT2D eigenvalue weighted by Crippen LogP contribution is -2.44. The van der Waals surface area contributed by atoms with Gasteiger partial charge >= 0.3 is 0 Å². The van der Waals surface area contributed by atoms with Crippen molar-refractivity contribution in [1.29, 1.82) is 0 Å². The molecule has 9 nitrogen and oxygen atoms in total. The van der Waals surface area contributed by atoms with E-state index < -0.39 is 5.91 Å². The summed E-state index contributed by atoms with van der Waals surface area (Å²) in [5, 5.41) is 6.62. The highest BCUT2D eigenvalue weighted by molar-refractivity contribution is 6.34. The summed E-state index contributed by atoms with van der Waals surface area (Å²) >= 11 is 6.46. The maximum Gasteiger partial charge on any atom is 0.271 e. The van der Waals surface area contributed by atoms with Crippen LogP contribution in [0.2, 0.25) is 5.02 Å². The number of aryl methyl sites for hydroxylation is 1. The van der Waals surface area contributed by atoms with Crippen LogP contribution in [-0.4, -0.2) is 61.0 Å². The monoisotopic (exact) mass is 495 g/mol. The first-order valence-electron chi connectivity index (χ1n) is 11.5. The molecule has 2 heterocycles. The number of carbonyl (C=O) groups excluding carboxylic acids is 1. The van der Waals surface area contributed by atoms with Gasteiger partial charge in [-0.05, 0) is 49.9 Å². The Labute approximate surface area is 210 Å². The molecule has 1 amide bonds. The van der Waals surface area contributed by atoms with Crippen LogP contribution in [0.3, 0.4) is 0 Å². The minimum absolute atomic E-state index is 0.0485. The van der Waals surface area contributed by atoms with Gasteiger partial charge in [-0.1, -0.05) is 24.6 Å². The van der Waals surface area contributed by atoms with Gasteiger partial charge in [-0.3, -0.25) is 4.79 Å². The fraction of sp³-hybridized carbons (Fsp3) is 0.320. The van der Waals surface area contributed by atoms with Crippen LogP contribution in [0.5, 0.6) is 11.6 Å². The zero-order chi connectivity index (χ0) is 24.9. The molecule has 4 rings (SSSR count). The number of amides is 1. The highest BCUT2D eigenvalue weighted by atomic mass is 35.5. The van der Waals surface area contributed by atoms with Crippen molar-refractivity contribution in [2.75, 3.05) is 55.8 Å². The molecule has 4 N–H and O–H groups in total. The molecule has 1 aliphatic rings. The number of benzene rings is 2. The van der Waals surface area contributed by atoms with Crippen LogP contribution in [0.15, 0.2) is 42.5 Å². The number of aromatic nitrogens is 2. The molecule has 1 fully saturated rings. The van der Waals surface area contributed by atoms with Crippen molar-refractivity contribution in [3.8, 4) is 11.6 Å². The normalized spacial score (nSPS) is 14.0. The van der Waals surface area contributed by atoms with E-state index in [1.807, 2.05) is 43.3 Å². The summed E-state index contributed by atoms with van der Waals surface area (Å²) in [4.78, 5) is 25.9. The number of hydrogen-bond donors (Lipinski definition) is 3. The second-order valence-corrected chi connectivity index (χ2v) is 8.70. The maximum atomic E-state index is 12.2. The first-order valence-corrected chi connectivity index (χ1v) is 11.9. The highest BCUT2D eigenvalue weighted by Gasteiger charge is 2.20. The fourth-order valence-corrected chi connectivity index (χ4v) is 4.13. The van der Waals surface area contributed by atoms with Gasteiger partial charge in [0.1, 0.15) is 16.5 Å². The van der Waals surface area contributed by atoms with Crippen molar-refractivity contribution in [2.45, 2.75) is 13.3 Å². The number of rotatable bonds is 8. The van der Waals surface area contributed by atoms with Crippen LogP contribution < -0.4 is 26.0 Å². The third kappa shape index (κ3) is 5.58. The van der Waals surface area contributed by atoms with E-state index in [9.17, 15) is 4.79 Å². The van der Waals surface area contributed by atoms with Gasteiger partial charge in [0.15, 0.2) is 11.5 Å². The summed E-state index contributed by atoms with van der Waals surface area (Å²) in [6.07, 6.45) is 0.492. The maximum absolute atomic E-state index is 12.2. The van der Waals surface area contributed by atoms with Gasteiger partial charge < -0.3 is 30.9 Å². The number of ether oxygens (including phenoxy) is 1. The molecule has 0 radical (unpaired) electrons. The van der Waals surface area contributed by atoms with E-state index in [-0.39, 0.29) is 17.4 Å². The third-order valence-electron chi connectivity index (χ3n) is 5.94. The molecule has 35 heavy (non-hydrogen) atoms. The minimum Gasteiger partial charge on any atom is -0.436 e. The quantitative estimate of drug-likeness (QED) is 0.428. The van der Waals surface area contributed by atoms with E-state index in [4.69, 9.17) is 22.1 Å². The van der Waals surface area contributed by atoms with Gasteiger partial charge in [0.2, 0.25) is 5.88 Å². The van der Waals surface area contributed by atoms with E-state index in [1.54, 1.807) is 13.1 Å². The number of hydrogen-bond acceptors (Lipinski definition) is 8.